The van der Waals surface area contributed by atoms with E-state index >= 15 is 0 Å². The molecule has 1 N–H and O–H groups in total. The van der Waals surface area contributed by atoms with Gasteiger partial charge in [-0.05, 0) is 31.2 Å². The molecule has 0 radical (unpaired) electrons. The maximum absolute atomic E-state index is 12.6. The number of hydrogen-bond donors (Lipinski definition) is 1. The number of para-hydroxylation sites is 1. The minimum Gasteiger partial charge on any atom is -0.494 e. The van der Waals surface area contributed by atoms with Gasteiger partial charge in [-0.1, -0.05) is 18.2 Å². The predicted octanol–water partition coefficient (Wildman–Crippen LogP) is 2.54. The first-order chi connectivity index (χ1) is 14.4. The molecule has 7 nitrogen and oxygen atoms in total. The van der Waals surface area contributed by atoms with E-state index < -0.39 is 0 Å². The average molecular weight is 428 g/mol. The topological polar surface area (TPSA) is 79.0 Å². The SMILES string of the molecule is CCOc1ccccc1CNC(=O)CN1C(=O)CSc2ccc(C(=O)N(C)C)cc21. The summed E-state index contributed by atoms with van der Waals surface area (Å²) in [5.41, 5.74) is 1.94. The van der Waals surface area contributed by atoms with Crippen molar-refractivity contribution in [3.05, 3.63) is 53.6 Å². The number of amides is 3. The molecule has 8 heteroatoms. The Morgan fingerprint density at radius 1 is 1.20 bits per heavy atom. The van der Waals surface area contributed by atoms with E-state index in [1.54, 1.807) is 26.2 Å². The first-order valence-corrected chi connectivity index (χ1v) is 10.7. The van der Waals surface area contributed by atoms with Gasteiger partial charge in [-0.15, -0.1) is 11.8 Å². The third-order valence-corrected chi connectivity index (χ3v) is 5.65. The summed E-state index contributed by atoms with van der Waals surface area (Å²) in [7, 11) is 3.35. The van der Waals surface area contributed by atoms with Gasteiger partial charge < -0.3 is 19.9 Å². The summed E-state index contributed by atoms with van der Waals surface area (Å²) in [4.78, 5) is 41.2. The molecular formula is C22H25N3O4S. The molecule has 158 valence electrons. The van der Waals surface area contributed by atoms with Crippen LogP contribution in [0, 0.1) is 0 Å². The number of nitrogens with zero attached hydrogens (tertiary/aromatic N) is 2. The molecule has 0 atom stereocenters. The Bertz CT molecular complexity index is 961. The lowest BCUT2D eigenvalue weighted by molar-refractivity contribution is -0.123. The summed E-state index contributed by atoms with van der Waals surface area (Å²) in [6.45, 7) is 2.64. The summed E-state index contributed by atoms with van der Waals surface area (Å²) in [6.07, 6.45) is 0. The summed E-state index contributed by atoms with van der Waals surface area (Å²) in [6, 6.07) is 12.8. The zero-order chi connectivity index (χ0) is 21.7. The van der Waals surface area contributed by atoms with Crippen LogP contribution >= 0.6 is 11.8 Å². The van der Waals surface area contributed by atoms with Gasteiger partial charge in [0.25, 0.3) is 5.91 Å². The van der Waals surface area contributed by atoms with E-state index in [9.17, 15) is 14.4 Å². The molecule has 0 fully saturated rings. The molecule has 0 saturated carbocycles. The molecule has 1 aliphatic heterocycles. The van der Waals surface area contributed by atoms with E-state index in [-0.39, 0.29) is 30.0 Å². The molecule has 1 aliphatic rings. The van der Waals surface area contributed by atoms with Gasteiger partial charge in [-0.25, -0.2) is 0 Å². The fourth-order valence-corrected chi connectivity index (χ4v) is 4.02. The van der Waals surface area contributed by atoms with Crippen LogP contribution in [0.1, 0.15) is 22.8 Å². The average Bonchev–Trinajstić information content (AvgIpc) is 2.74. The molecule has 2 aromatic rings. The van der Waals surface area contributed by atoms with Crippen molar-refractivity contribution >= 4 is 35.2 Å². The number of anilines is 1. The second-order valence-corrected chi connectivity index (χ2v) is 7.99. The number of hydrogen-bond acceptors (Lipinski definition) is 5. The molecule has 0 spiro atoms. The fourth-order valence-electron chi connectivity index (χ4n) is 3.11. The smallest absolute Gasteiger partial charge is 0.253 e. The maximum Gasteiger partial charge on any atom is 0.253 e. The predicted molar refractivity (Wildman–Crippen MR) is 117 cm³/mol. The van der Waals surface area contributed by atoms with Crippen molar-refractivity contribution in [2.45, 2.75) is 18.4 Å². The van der Waals surface area contributed by atoms with E-state index in [0.717, 1.165) is 16.2 Å². The number of carbonyl (C=O) groups excluding carboxylic acids is 3. The molecule has 0 unspecified atom stereocenters. The van der Waals surface area contributed by atoms with Crippen LogP contribution in [0.5, 0.6) is 5.75 Å². The number of nitrogens with one attached hydrogen (secondary N) is 1. The van der Waals surface area contributed by atoms with Crippen LogP contribution in [0.25, 0.3) is 0 Å². The fraction of sp³-hybridized carbons (Fsp3) is 0.318. The van der Waals surface area contributed by atoms with Crippen molar-refractivity contribution in [2.24, 2.45) is 0 Å². The molecule has 0 aliphatic carbocycles. The highest BCUT2D eigenvalue weighted by Crippen LogP contribution is 2.36. The van der Waals surface area contributed by atoms with Crippen LogP contribution in [0.2, 0.25) is 0 Å². The van der Waals surface area contributed by atoms with Gasteiger partial charge in [0.15, 0.2) is 0 Å². The van der Waals surface area contributed by atoms with Crippen LogP contribution in [-0.4, -0.2) is 55.6 Å². The zero-order valence-electron chi connectivity index (χ0n) is 17.3. The summed E-state index contributed by atoms with van der Waals surface area (Å²) in [5.74, 6) is 0.387. The second kappa shape index (κ2) is 9.67. The molecule has 3 rings (SSSR count). The Balaban J connectivity index is 1.74. The van der Waals surface area contributed by atoms with E-state index in [2.05, 4.69) is 5.32 Å². The van der Waals surface area contributed by atoms with Crippen LogP contribution < -0.4 is 15.0 Å². The molecule has 30 heavy (non-hydrogen) atoms. The number of ether oxygens (including phenoxy) is 1. The zero-order valence-corrected chi connectivity index (χ0v) is 18.1. The molecule has 2 aromatic carbocycles. The van der Waals surface area contributed by atoms with E-state index in [0.29, 0.717) is 24.4 Å². The van der Waals surface area contributed by atoms with Crippen LogP contribution in [-0.2, 0) is 16.1 Å². The number of carbonyl (C=O) groups is 3. The first kappa shape index (κ1) is 21.7. The number of rotatable bonds is 7. The van der Waals surface area contributed by atoms with Gasteiger partial charge in [0, 0.05) is 36.7 Å². The normalized spacial score (nSPS) is 12.9. The van der Waals surface area contributed by atoms with Gasteiger partial charge >= 0.3 is 0 Å². The highest BCUT2D eigenvalue weighted by atomic mass is 32.2. The quantitative estimate of drug-likeness (QED) is 0.735. The van der Waals surface area contributed by atoms with Gasteiger partial charge in [-0.3, -0.25) is 14.4 Å². The van der Waals surface area contributed by atoms with Crippen molar-refractivity contribution in [2.75, 3.05) is 37.9 Å². The van der Waals surface area contributed by atoms with Crippen molar-refractivity contribution in [1.29, 1.82) is 0 Å². The Labute approximate surface area is 180 Å². The van der Waals surface area contributed by atoms with Gasteiger partial charge in [0.2, 0.25) is 11.8 Å². The summed E-state index contributed by atoms with van der Waals surface area (Å²) in [5, 5.41) is 2.86. The summed E-state index contributed by atoms with van der Waals surface area (Å²) < 4.78 is 5.58. The third-order valence-electron chi connectivity index (χ3n) is 4.61. The van der Waals surface area contributed by atoms with Gasteiger partial charge in [0.1, 0.15) is 12.3 Å². The van der Waals surface area contributed by atoms with Crippen LogP contribution in [0.15, 0.2) is 47.4 Å². The molecule has 3 amide bonds. The van der Waals surface area contributed by atoms with Crippen LogP contribution in [0.4, 0.5) is 5.69 Å². The van der Waals surface area contributed by atoms with Crippen molar-refractivity contribution < 1.29 is 19.1 Å². The van der Waals surface area contributed by atoms with Crippen molar-refractivity contribution in [1.82, 2.24) is 10.2 Å². The van der Waals surface area contributed by atoms with E-state index in [4.69, 9.17) is 4.74 Å². The minimum atomic E-state index is -0.281. The minimum absolute atomic E-state index is 0.108. The number of thioether (sulfide) groups is 1. The Morgan fingerprint density at radius 2 is 1.97 bits per heavy atom. The molecular weight excluding hydrogens is 402 g/mol. The lowest BCUT2D eigenvalue weighted by atomic mass is 10.1. The monoisotopic (exact) mass is 427 g/mol. The number of benzene rings is 2. The van der Waals surface area contributed by atoms with E-state index in [1.807, 2.05) is 37.3 Å². The van der Waals surface area contributed by atoms with Gasteiger partial charge in [0.05, 0.1) is 18.0 Å². The highest BCUT2D eigenvalue weighted by molar-refractivity contribution is 8.00. The number of fused-ring (bicyclic) bond motifs is 1. The standard InChI is InChI=1S/C22H25N3O4S/c1-4-29-18-8-6-5-7-16(18)12-23-20(26)13-25-17-11-15(22(28)24(2)3)9-10-19(17)30-14-21(25)27/h5-11H,4,12-14H2,1-3H3,(H,23,26). The lowest BCUT2D eigenvalue weighted by Gasteiger charge is -2.29. The molecule has 1 heterocycles. The van der Waals surface area contributed by atoms with Gasteiger partial charge in [-0.2, -0.15) is 0 Å². The first-order valence-electron chi connectivity index (χ1n) is 9.67. The molecule has 0 bridgehead atoms. The maximum atomic E-state index is 12.6. The van der Waals surface area contributed by atoms with Crippen LogP contribution in [0.3, 0.4) is 0 Å². The van der Waals surface area contributed by atoms with Crippen molar-refractivity contribution in [3.63, 3.8) is 0 Å². The largest absolute Gasteiger partial charge is 0.494 e. The second-order valence-electron chi connectivity index (χ2n) is 6.97. The molecule has 0 saturated heterocycles. The Hall–Kier alpha value is -3.00. The molecule has 0 aromatic heterocycles. The highest BCUT2D eigenvalue weighted by Gasteiger charge is 2.27. The van der Waals surface area contributed by atoms with Crippen molar-refractivity contribution in [3.8, 4) is 5.75 Å². The Kier molecular flexibility index (Phi) is 6.99. The van der Waals surface area contributed by atoms with E-state index in [1.165, 1.54) is 21.6 Å². The summed E-state index contributed by atoms with van der Waals surface area (Å²) >= 11 is 1.41. The third kappa shape index (κ3) is 4.94. The Morgan fingerprint density at radius 3 is 2.70 bits per heavy atom. The lowest BCUT2D eigenvalue weighted by Crippen LogP contribution is -2.43.